The molecule has 1 aliphatic rings. The second-order valence-electron chi connectivity index (χ2n) is 8.13. The monoisotopic (exact) mass is 489 g/mol. The number of nitrogens with one attached hydrogen (secondary N) is 1. The highest BCUT2D eigenvalue weighted by atomic mass is 32.1. The highest BCUT2D eigenvalue weighted by Gasteiger charge is 2.23. The van der Waals surface area contributed by atoms with Crippen LogP contribution in [-0.4, -0.2) is 25.1 Å². The Bertz CT molecular complexity index is 1470. The van der Waals surface area contributed by atoms with Gasteiger partial charge >= 0.3 is 11.6 Å². The third-order valence-electron chi connectivity index (χ3n) is 5.92. The SMILES string of the molecule is CCOC(=O)c1c(-c2ccccc2)csc1NC(=O)COc1ccc2c3c(c(=O)oc2c1)CCC3. The molecule has 4 aromatic rings. The zero-order chi connectivity index (χ0) is 24.4. The summed E-state index contributed by atoms with van der Waals surface area (Å²) in [7, 11) is 0. The Kier molecular flexibility index (Phi) is 6.37. The second kappa shape index (κ2) is 9.76. The molecule has 0 bridgehead atoms. The van der Waals surface area contributed by atoms with E-state index in [4.69, 9.17) is 13.9 Å². The van der Waals surface area contributed by atoms with Crippen molar-refractivity contribution in [3.63, 3.8) is 0 Å². The molecule has 1 N–H and O–H groups in total. The van der Waals surface area contributed by atoms with E-state index in [2.05, 4.69) is 5.32 Å². The van der Waals surface area contributed by atoms with E-state index in [-0.39, 0.29) is 18.8 Å². The zero-order valence-corrected chi connectivity index (χ0v) is 19.9. The lowest BCUT2D eigenvalue weighted by Crippen LogP contribution is -2.21. The number of carbonyl (C=O) groups excluding carboxylic acids is 2. The summed E-state index contributed by atoms with van der Waals surface area (Å²) < 4.78 is 16.4. The number of hydrogen-bond acceptors (Lipinski definition) is 7. The predicted octanol–water partition coefficient (Wildman–Crippen LogP) is 5.20. The minimum Gasteiger partial charge on any atom is -0.484 e. The molecule has 2 aromatic carbocycles. The fourth-order valence-corrected chi connectivity index (χ4v) is 5.32. The molecular formula is C27H23NO6S. The quantitative estimate of drug-likeness (QED) is 0.283. The van der Waals surface area contributed by atoms with E-state index in [0.29, 0.717) is 27.5 Å². The standard InChI is InChI=1S/C27H23NO6S/c1-2-32-27(31)24-21(16-7-4-3-5-8-16)15-35-25(24)28-23(29)14-33-17-11-12-19-18-9-6-10-20(18)26(30)34-22(19)13-17/h3-5,7-8,11-13,15H,2,6,9-10,14H2,1H3,(H,28,29). The molecule has 0 saturated heterocycles. The summed E-state index contributed by atoms with van der Waals surface area (Å²) in [5, 5.41) is 5.89. The highest BCUT2D eigenvalue weighted by Crippen LogP contribution is 2.36. The molecule has 35 heavy (non-hydrogen) atoms. The Morgan fingerprint density at radius 3 is 2.69 bits per heavy atom. The Morgan fingerprint density at radius 2 is 1.89 bits per heavy atom. The number of aryl methyl sites for hydroxylation is 1. The van der Waals surface area contributed by atoms with Crippen LogP contribution in [0.25, 0.3) is 22.1 Å². The molecule has 5 rings (SSSR count). The predicted molar refractivity (Wildman–Crippen MR) is 134 cm³/mol. The molecule has 2 aromatic heterocycles. The van der Waals surface area contributed by atoms with Gasteiger partial charge in [-0.2, -0.15) is 0 Å². The lowest BCUT2D eigenvalue weighted by atomic mass is 10.0. The fraction of sp³-hybridized carbons (Fsp3) is 0.222. The number of amides is 1. The van der Waals surface area contributed by atoms with Crippen LogP contribution in [-0.2, 0) is 22.4 Å². The number of rotatable bonds is 7. The molecule has 0 aliphatic heterocycles. The van der Waals surface area contributed by atoms with Gasteiger partial charge in [-0.1, -0.05) is 30.3 Å². The van der Waals surface area contributed by atoms with Crippen molar-refractivity contribution in [2.24, 2.45) is 0 Å². The largest absolute Gasteiger partial charge is 0.484 e. The molecule has 1 amide bonds. The molecule has 178 valence electrons. The van der Waals surface area contributed by atoms with Gasteiger partial charge in [0.2, 0.25) is 0 Å². The van der Waals surface area contributed by atoms with Gasteiger partial charge in [-0.05, 0) is 49.4 Å². The number of anilines is 1. The molecule has 0 saturated carbocycles. The van der Waals surface area contributed by atoms with Gasteiger partial charge in [0.15, 0.2) is 6.61 Å². The molecule has 0 atom stereocenters. The average Bonchev–Trinajstić information content (AvgIpc) is 3.52. The molecule has 7 nitrogen and oxygen atoms in total. The van der Waals surface area contributed by atoms with Crippen LogP contribution >= 0.6 is 11.3 Å². The van der Waals surface area contributed by atoms with Crippen molar-refractivity contribution in [2.45, 2.75) is 26.2 Å². The van der Waals surface area contributed by atoms with Gasteiger partial charge in [-0.25, -0.2) is 9.59 Å². The van der Waals surface area contributed by atoms with Gasteiger partial charge in [0.1, 0.15) is 21.9 Å². The van der Waals surface area contributed by atoms with E-state index in [1.807, 2.05) is 41.8 Å². The van der Waals surface area contributed by atoms with Crippen molar-refractivity contribution in [3.8, 4) is 16.9 Å². The van der Waals surface area contributed by atoms with Crippen LogP contribution in [0.3, 0.4) is 0 Å². The topological polar surface area (TPSA) is 94.8 Å². The van der Waals surface area contributed by atoms with E-state index < -0.39 is 11.9 Å². The average molecular weight is 490 g/mol. The Balaban J connectivity index is 1.33. The number of fused-ring (bicyclic) bond motifs is 3. The van der Waals surface area contributed by atoms with Crippen molar-refractivity contribution in [3.05, 3.63) is 81.0 Å². The third kappa shape index (κ3) is 4.57. The molecule has 0 spiro atoms. The first kappa shape index (κ1) is 22.9. The van der Waals surface area contributed by atoms with Gasteiger partial charge in [0.25, 0.3) is 5.91 Å². The minimum atomic E-state index is -0.499. The summed E-state index contributed by atoms with van der Waals surface area (Å²) in [6.45, 7) is 1.68. The summed E-state index contributed by atoms with van der Waals surface area (Å²) >= 11 is 1.25. The van der Waals surface area contributed by atoms with Crippen LogP contribution in [0.2, 0.25) is 0 Å². The first-order valence-electron chi connectivity index (χ1n) is 11.4. The molecular weight excluding hydrogens is 466 g/mol. The lowest BCUT2D eigenvalue weighted by molar-refractivity contribution is -0.118. The molecule has 8 heteroatoms. The maximum Gasteiger partial charge on any atom is 0.341 e. The summed E-state index contributed by atoms with van der Waals surface area (Å²) in [6.07, 6.45) is 2.54. The van der Waals surface area contributed by atoms with E-state index in [1.165, 1.54) is 11.3 Å². The van der Waals surface area contributed by atoms with Crippen LogP contribution in [0.5, 0.6) is 5.75 Å². The third-order valence-corrected chi connectivity index (χ3v) is 6.82. The van der Waals surface area contributed by atoms with Crippen molar-refractivity contribution in [1.29, 1.82) is 0 Å². The fourth-order valence-electron chi connectivity index (χ4n) is 4.35. The molecule has 2 heterocycles. The number of thiophene rings is 1. The lowest BCUT2D eigenvalue weighted by Gasteiger charge is -2.10. The minimum absolute atomic E-state index is 0.223. The van der Waals surface area contributed by atoms with Crippen LogP contribution in [0.15, 0.2) is 63.1 Å². The summed E-state index contributed by atoms with van der Waals surface area (Å²) in [4.78, 5) is 37.6. The van der Waals surface area contributed by atoms with Crippen LogP contribution in [0.4, 0.5) is 5.00 Å². The van der Waals surface area contributed by atoms with Gasteiger partial charge in [0, 0.05) is 28.0 Å². The van der Waals surface area contributed by atoms with E-state index in [9.17, 15) is 14.4 Å². The number of esters is 1. The van der Waals surface area contributed by atoms with Crippen molar-refractivity contribution in [2.75, 3.05) is 18.5 Å². The number of hydrogen-bond donors (Lipinski definition) is 1. The number of carbonyl (C=O) groups is 2. The molecule has 0 fully saturated rings. The van der Waals surface area contributed by atoms with Crippen LogP contribution in [0, 0.1) is 0 Å². The Morgan fingerprint density at radius 1 is 1.09 bits per heavy atom. The van der Waals surface area contributed by atoms with E-state index in [1.54, 1.807) is 19.1 Å². The Hall–Kier alpha value is -3.91. The van der Waals surface area contributed by atoms with Gasteiger partial charge in [-0.15, -0.1) is 11.3 Å². The highest BCUT2D eigenvalue weighted by molar-refractivity contribution is 7.15. The summed E-state index contributed by atoms with van der Waals surface area (Å²) in [5.74, 6) is -0.510. The molecule has 0 radical (unpaired) electrons. The maximum absolute atomic E-state index is 12.7. The summed E-state index contributed by atoms with van der Waals surface area (Å²) in [6, 6.07) is 14.7. The number of benzene rings is 2. The molecule has 0 unspecified atom stereocenters. The maximum atomic E-state index is 12.7. The zero-order valence-electron chi connectivity index (χ0n) is 19.1. The van der Waals surface area contributed by atoms with Crippen molar-refractivity contribution >= 4 is 39.2 Å². The van der Waals surface area contributed by atoms with Gasteiger partial charge in [-0.3, -0.25) is 4.79 Å². The molecule has 1 aliphatic carbocycles. The number of ether oxygens (including phenoxy) is 2. The van der Waals surface area contributed by atoms with E-state index in [0.717, 1.165) is 41.3 Å². The smallest absolute Gasteiger partial charge is 0.341 e. The Labute approximate surface area is 205 Å². The second-order valence-corrected chi connectivity index (χ2v) is 9.01. The van der Waals surface area contributed by atoms with Gasteiger partial charge < -0.3 is 19.2 Å². The summed E-state index contributed by atoms with van der Waals surface area (Å²) in [5.41, 5.74) is 3.81. The van der Waals surface area contributed by atoms with Crippen molar-refractivity contribution < 1.29 is 23.5 Å². The van der Waals surface area contributed by atoms with Crippen LogP contribution < -0.4 is 15.7 Å². The van der Waals surface area contributed by atoms with Gasteiger partial charge in [0.05, 0.1) is 6.61 Å². The first-order valence-corrected chi connectivity index (χ1v) is 12.3. The van der Waals surface area contributed by atoms with E-state index >= 15 is 0 Å². The van der Waals surface area contributed by atoms with Crippen molar-refractivity contribution in [1.82, 2.24) is 0 Å². The first-order chi connectivity index (χ1) is 17.0. The normalized spacial score (nSPS) is 12.4. The van der Waals surface area contributed by atoms with Crippen LogP contribution in [0.1, 0.15) is 34.8 Å².